The molecule has 6 nitrogen and oxygen atoms in total. The predicted octanol–water partition coefficient (Wildman–Crippen LogP) is 2.70. The van der Waals surface area contributed by atoms with Crippen LogP contribution in [-0.2, 0) is 16.7 Å². The van der Waals surface area contributed by atoms with E-state index in [0.29, 0.717) is 24.9 Å². The van der Waals surface area contributed by atoms with Crippen LogP contribution in [0.5, 0.6) is 0 Å². The van der Waals surface area contributed by atoms with E-state index in [-0.39, 0.29) is 16.9 Å². The molecule has 0 amide bonds. The third-order valence-electron chi connectivity index (χ3n) is 3.63. The molecular weight excluding hydrogens is 292 g/mol. The van der Waals surface area contributed by atoms with E-state index >= 15 is 0 Å². The van der Waals surface area contributed by atoms with Crippen LogP contribution in [0.25, 0.3) is 0 Å². The van der Waals surface area contributed by atoms with Gasteiger partial charge in [0.1, 0.15) is 5.76 Å². The highest BCUT2D eigenvalue weighted by molar-refractivity contribution is 5.79. The molecule has 0 bridgehead atoms. The lowest BCUT2D eigenvalue weighted by Gasteiger charge is -2.30. The second kappa shape index (κ2) is 7.81. The summed E-state index contributed by atoms with van der Waals surface area (Å²) in [5.74, 6) is 2.23. The van der Waals surface area contributed by atoms with Crippen LogP contribution in [0.2, 0.25) is 0 Å². The van der Waals surface area contributed by atoms with E-state index in [1.165, 1.54) is 0 Å². The number of hydrogen-bond acceptors (Lipinski definition) is 4. The Hall–Kier alpha value is -1.56. The Kier molecular flexibility index (Phi) is 6.62. The Bertz CT molecular complexity index is 509. The van der Waals surface area contributed by atoms with Gasteiger partial charge in [-0.2, -0.15) is 0 Å². The fourth-order valence-corrected chi connectivity index (χ4v) is 2.05. The van der Waals surface area contributed by atoms with E-state index in [2.05, 4.69) is 62.2 Å². The minimum absolute atomic E-state index is 0.0381. The molecule has 0 fully saturated rings. The summed E-state index contributed by atoms with van der Waals surface area (Å²) in [6.45, 7) is 13.9. The summed E-state index contributed by atoms with van der Waals surface area (Å²) in [5, 5.41) is 6.49. The average Bonchev–Trinajstić information content (AvgIpc) is 2.90. The first-order valence-electron chi connectivity index (χ1n) is 8.00. The third-order valence-corrected chi connectivity index (χ3v) is 3.63. The van der Waals surface area contributed by atoms with Crippen LogP contribution in [0.1, 0.15) is 53.2 Å². The van der Waals surface area contributed by atoms with E-state index in [1.807, 2.05) is 0 Å². The third kappa shape index (κ3) is 6.22. The van der Waals surface area contributed by atoms with E-state index in [0.717, 1.165) is 5.76 Å². The lowest BCUT2D eigenvalue weighted by Crippen LogP contribution is -2.45. The number of aliphatic imine (C=N–C) groups is 1. The Labute approximate surface area is 140 Å². The Morgan fingerprint density at radius 2 is 1.91 bits per heavy atom. The van der Waals surface area contributed by atoms with Gasteiger partial charge in [-0.1, -0.05) is 41.5 Å². The summed E-state index contributed by atoms with van der Waals surface area (Å²) in [5.41, 5.74) is 0.0222. The maximum Gasteiger partial charge on any atom is 0.213 e. The van der Waals surface area contributed by atoms with Gasteiger partial charge in [0, 0.05) is 26.1 Å². The topological polar surface area (TPSA) is 71.7 Å². The van der Waals surface area contributed by atoms with Crippen LogP contribution in [0.15, 0.2) is 15.6 Å². The maximum absolute atomic E-state index is 5.76. The minimum atomic E-state index is -0.0381. The largest absolute Gasteiger partial charge is 0.443 e. The highest BCUT2D eigenvalue weighted by Gasteiger charge is 2.24. The molecule has 0 aliphatic carbocycles. The molecule has 0 radical (unpaired) electrons. The molecule has 0 aromatic carbocycles. The highest BCUT2D eigenvalue weighted by atomic mass is 16.5. The molecule has 132 valence electrons. The van der Waals surface area contributed by atoms with Gasteiger partial charge >= 0.3 is 0 Å². The molecule has 2 N–H and O–H groups in total. The predicted molar refractivity (Wildman–Crippen MR) is 93.7 cm³/mol. The SMILES string of the molecule is CN=C(NCc1ncc(C(C)(C)C)o1)NCC(OC)C(C)(C)C. The van der Waals surface area contributed by atoms with Crippen molar-refractivity contribution in [1.82, 2.24) is 15.6 Å². The number of hydrogen-bond donors (Lipinski definition) is 2. The van der Waals surface area contributed by atoms with E-state index in [1.54, 1.807) is 20.4 Å². The first kappa shape index (κ1) is 19.5. The van der Waals surface area contributed by atoms with Crippen LogP contribution in [-0.4, -0.2) is 37.7 Å². The molecule has 0 aliphatic rings. The molecule has 1 aromatic rings. The zero-order valence-corrected chi connectivity index (χ0v) is 15.8. The number of nitrogens with one attached hydrogen (secondary N) is 2. The van der Waals surface area contributed by atoms with Crippen LogP contribution in [0, 0.1) is 5.41 Å². The molecule has 1 aromatic heterocycles. The van der Waals surface area contributed by atoms with Crippen molar-refractivity contribution in [2.45, 2.75) is 59.6 Å². The van der Waals surface area contributed by atoms with Crippen LogP contribution >= 0.6 is 0 Å². The molecule has 1 rings (SSSR count). The van der Waals surface area contributed by atoms with Crippen molar-refractivity contribution in [2.75, 3.05) is 20.7 Å². The zero-order chi connectivity index (χ0) is 17.7. The van der Waals surface area contributed by atoms with Crippen LogP contribution < -0.4 is 10.6 Å². The smallest absolute Gasteiger partial charge is 0.213 e. The Morgan fingerprint density at radius 3 is 2.35 bits per heavy atom. The molecule has 0 saturated carbocycles. The van der Waals surface area contributed by atoms with Gasteiger partial charge in [-0.15, -0.1) is 0 Å². The quantitative estimate of drug-likeness (QED) is 0.643. The number of guanidine groups is 1. The second-order valence-electron chi connectivity index (χ2n) is 7.77. The lowest BCUT2D eigenvalue weighted by atomic mass is 9.89. The van der Waals surface area contributed by atoms with Crippen molar-refractivity contribution in [1.29, 1.82) is 0 Å². The summed E-state index contributed by atoms with van der Waals surface area (Å²) in [4.78, 5) is 8.52. The summed E-state index contributed by atoms with van der Waals surface area (Å²) < 4.78 is 11.3. The molecule has 1 atom stereocenters. The number of ether oxygens (including phenoxy) is 1. The van der Waals surface area contributed by atoms with E-state index in [4.69, 9.17) is 9.15 Å². The summed E-state index contributed by atoms with van der Waals surface area (Å²) in [6.07, 6.45) is 1.88. The number of aromatic nitrogens is 1. The normalized spacial score (nSPS) is 14.7. The van der Waals surface area contributed by atoms with E-state index < -0.39 is 0 Å². The number of oxazole rings is 1. The van der Waals surface area contributed by atoms with Gasteiger partial charge in [-0.3, -0.25) is 4.99 Å². The fraction of sp³-hybridized carbons (Fsp3) is 0.765. The van der Waals surface area contributed by atoms with Gasteiger partial charge < -0.3 is 19.8 Å². The molecule has 0 spiro atoms. The first-order chi connectivity index (χ1) is 10.6. The highest BCUT2D eigenvalue weighted by Crippen LogP contribution is 2.22. The molecule has 1 unspecified atom stereocenters. The first-order valence-corrected chi connectivity index (χ1v) is 8.00. The monoisotopic (exact) mass is 324 g/mol. The maximum atomic E-state index is 5.76. The van der Waals surface area contributed by atoms with Crippen LogP contribution in [0.4, 0.5) is 0 Å². The molecule has 0 aliphatic heterocycles. The summed E-state index contributed by atoms with van der Waals surface area (Å²) >= 11 is 0. The van der Waals surface area contributed by atoms with Crippen molar-refractivity contribution in [3.05, 3.63) is 17.8 Å². The summed E-state index contributed by atoms with van der Waals surface area (Å²) in [7, 11) is 3.47. The minimum Gasteiger partial charge on any atom is -0.443 e. The molecule has 6 heteroatoms. The van der Waals surface area contributed by atoms with Gasteiger partial charge in [0.05, 0.1) is 18.8 Å². The molecule has 23 heavy (non-hydrogen) atoms. The van der Waals surface area contributed by atoms with Gasteiger partial charge in [0.2, 0.25) is 5.89 Å². The standard InChI is InChI=1S/C17H32N4O2/c1-16(2,3)12(22-8)9-20-15(18-7)21-11-14-19-10-13(23-14)17(4,5)6/h10,12H,9,11H2,1-8H3,(H2,18,20,21). The number of methoxy groups -OCH3 is 1. The molecular formula is C17H32N4O2. The van der Waals surface area contributed by atoms with Gasteiger partial charge in [0.25, 0.3) is 0 Å². The van der Waals surface area contributed by atoms with E-state index in [9.17, 15) is 0 Å². The fourth-order valence-electron chi connectivity index (χ4n) is 2.05. The number of nitrogens with zero attached hydrogens (tertiary/aromatic N) is 2. The van der Waals surface area contributed by atoms with Crippen molar-refractivity contribution < 1.29 is 9.15 Å². The number of rotatable bonds is 5. The molecule has 0 saturated heterocycles. The van der Waals surface area contributed by atoms with Crippen molar-refractivity contribution in [3.63, 3.8) is 0 Å². The van der Waals surface area contributed by atoms with Gasteiger partial charge in [-0.05, 0) is 5.41 Å². The second-order valence-corrected chi connectivity index (χ2v) is 7.77. The lowest BCUT2D eigenvalue weighted by molar-refractivity contribution is 0.0205. The van der Waals surface area contributed by atoms with Gasteiger partial charge in [0.15, 0.2) is 5.96 Å². The Morgan fingerprint density at radius 1 is 1.26 bits per heavy atom. The average molecular weight is 324 g/mol. The zero-order valence-electron chi connectivity index (χ0n) is 15.8. The Balaban J connectivity index is 2.53. The van der Waals surface area contributed by atoms with Crippen LogP contribution in [0.3, 0.4) is 0 Å². The van der Waals surface area contributed by atoms with Crippen molar-refractivity contribution in [2.24, 2.45) is 10.4 Å². The van der Waals surface area contributed by atoms with Gasteiger partial charge in [-0.25, -0.2) is 4.98 Å². The molecule has 1 heterocycles. The van der Waals surface area contributed by atoms with Crippen molar-refractivity contribution >= 4 is 5.96 Å². The van der Waals surface area contributed by atoms with Crippen molar-refractivity contribution in [3.8, 4) is 0 Å². The summed E-state index contributed by atoms with van der Waals surface area (Å²) in [6, 6.07) is 0.